The Morgan fingerprint density at radius 3 is 2.60 bits per heavy atom. The fourth-order valence-corrected chi connectivity index (χ4v) is 3.18. The van der Waals surface area contributed by atoms with E-state index >= 15 is 0 Å². The number of rotatable bonds is 4. The molecule has 0 atom stereocenters. The minimum Gasteiger partial charge on any atom is -0.496 e. The first kappa shape index (κ1) is 15.5. The summed E-state index contributed by atoms with van der Waals surface area (Å²) in [5.74, 6) is 0.705. The summed E-state index contributed by atoms with van der Waals surface area (Å²) in [5, 5.41) is 0.591. The van der Waals surface area contributed by atoms with E-state index in [1.807, 2.05) is 18.2 Å². The van der Waals surface area contributed by atoms with Gasteiger partial charge in [-0.3, -0.25) is 4.79 Å². The zero-order valence-corrected chi connectivity index (χ0v) is 14.5. The van der Waals surface area contributed by atoms with Gasteiger partial charge in [-0.2, -0.15) is 0 Å². The van der Waals surface area contributed by atoms with Gasteiger partial charge in [0.05, 0.1) is 7.11 Å². The summed E-state index contributed by atoms with van der Waals surface area (Å²) in [6.45, 7) is 0. The van der Waals surface area contributed by atoms with Crippen LogP contribution in [0.4, 0.5) is 0 Å². The summed E-state index contributed by atoms with van der Waals surface area (Å²) in [6, 6.07) is 10.7. The van der Waals surface area contributed by atoms with Crippen LogP contribution in [0.2, 0.25) is 5.02 Å². The summed E-state index contributed by atoms with van der Waals surface area (Å²) < 4.78 is 6.89. The lowest BCUT2D eigenvalue weighted by Gasteiger charge is -2.09. The fraction of sp³-hybridized carbons (Fsp3) is 0.133. The summed E-state index contributed by atoms with van der Waals surface area (Å²) in [7, 11) is 1.59. The molecule has 0 saturated carbocycles. The van der Waals surface area contributed by atoms with Gasteiger partial charge in [0.1, 0.15) is 5.75 Å². The highest BCUT2D eigenvalue weighted by molar-refractivity contribution is 9.10. The molecular weight excluding hydrogens is 407 g/mol. The molecule has 0 unspecified atom stereocenters. The number of hydrogen-bond acceptors (Lipinski definition) is 2. The summed E-state index contributed by atoms with van der Waals surface area (Å²) in [5.41, 5.74) is 1.45. The van der Waals surface area contributed by atoms with Crippen LogP contribution in [0.25, 0.3) is 0 Å². The molecule has 0 aliphatic carbocycles. The summed E-state index contributed by atoms with van der Waals surface area (Å²) in [6.07, 6.45) is 0.267. The Hall–Kier alpha value is -0.840. The van der Waals surface area contributed by atoms with Gasteiger partial charge in [0.15, 0.2) is 5.78 Å². The molecule has 0 fully saturated rings. The van der Waals surface area contributed by atoms with Gasteiger partial charge in [-0.15, -0.1) is 0 Å². The second-order valence-electron chi connectivity index (χ2n) is 4.18. The van der Waals surface area contributed by atoms with Gasteiger partial charge in [-0.25, -0.2) is 0 Å². The highest BCUT2D eigenvalue weighted by atomic mass is 79.9. The predicted molar refractivity (Wildman–Crippen MR) is 87.9 cm³/mol. The molecule has 2 aromatic carbocycles. The van der Waals surface area contributed by atoms with Crippen molar-refractivity contribution in [2.75, 3.05) is 7.11 Å². The molecule has 0 aromatic heterocycles. The van der Waals surface area contributed by atoms with E-state index in [0.717, 1.165) is 10.0 Å². The maximum atomic E-state index is 12.4. The third-order valence-electron chi connectivity index (χ3n) is 2.82. The molecule has 0 bridgehead atoms. The molecule has 0 radical (unpaired) electrons. The van der Waals surface area contributed by atoms with Gasteiger partial charge >= 0.3 is 0 Å². The number of ether oxygens (including phenoxy) is 1. The maximum Gasteiger partial charge on any atom is 0.168 e. The van der Waals surface area contributed by atoms with Crippen LogP contribution >= 0.6 is 43.5 Å². The van der Waals surface area contributed by atoms with Crippen molar-refractivity contribution in [3.8, 4) is 5.75 Å². The molecule has 20 heavy (non-hydrogen) atoms. The van der Waals surface area contributed by atoms with Crippen LogP contribution in [-0.2, 0) is 6.42 Å². The zero-order chi connectivity index (χ0) is 14.7. The number of methoxy groups -OCH3 is 1. The van der Waals surface area contributed by atoms with E-state index in [1.54, 1.807) is 25.3 Å². The SMILES string of the molecule is COc1ccc(Br)cc1CC(=O)c1ccc(Cl)cc1Br. The van der Waals surface area contributed by atoms with E-state index in [-0.39, 0.29) is 12.2 Å². The van der Waals surface area contributed by atoms with E-state index < -0.39 is 0 Å². The molecule has 0 amide bonds. The molecule has 0 aliphatic heterocycles. The Balaban J connectivity index is 2.30. The highest BCUT2D eigenvalue weighted by Crippen LogP contribution is 2.27. The number of halogens is 3. The molecule has 104 valence electrons. The number of Topliss-reactive ketones (excluding diaryl/α,β-unsaturated/α-hetero) is 1. The summed E-state index contributed by atoms with van der Waals surface area (Å²) in [4.78, 5) is 12.4. The Kier molecular flexibility index (Phi) is 5.24. The van der Waals surface area contributed by atoms with Crippen molar-refractivity contribution in [3.05, 3.63) is 61.5 Å². The predicted octanol–water partition coefficient (Wildman–Crippen LogP) is 5.30. The Morgan fingerprint density at radius 1 is 1.20 bits per heavy atom. The third kappa shape index (κ3) is 3.62. The van der Waals surface area contributed by atoms with Gasteiger partial charge in [0, 0.05) is 31.5 Å². The minimum atomic E-state index is 0.00458. The molecular formula is C15H11Br2ClO2. The third-order valence-corrected chi connectivity index (χ3v) is 4.21. The van der Waals surface area contributed by atoms with E-state index in [1.165, 1.54) is 0 Å². The average Bonchev–Trinajstić information content (AvgIpc) is 2.38. The van der Waals surface area contributed by atoms with Crippen LogP contribution < -0.4 is 4.74 Å². The smallest absolute Gasteiger partial charge is 0.168 e. The molecule has 0 spiro atoms. The van der Waals surface area contributed by atoms with Crippen LogP contribution in [-0.4, -0.2) is 12.9 Å². The standard InChI is InChI=1S/C15H11Br2ClO2/c1-20-15-5-2-10(16)6-9(15)7-14(19)12-4-3-11(18)8-13(12)17/h2-6,8H,7H2,1H3. The molecule has 5 heteroatoms. The largest absolute Gasteiger partial charge is 0.496 e. The van der Waals surface area contributed by atoms with Gasteiger partial charge < -0.3 is 4.74 Å². The monoisotopic (exact) mass is 416 g/mol. The van der Waals surface area contributed by atoms with Crippen LogP contribution in [0, 0.1) is 0 Å². The van der Waals surface area contributed by atoms with Crippen molar-refractivity contribution in [2.24, 2.45) is 0 Å². The van der Waals surface area contributed by atoms with Gasteiger partial charge in [-0.1, -0.05) is 27.5 Å². The van der Waals surface area contributed by atoms with Crippen LogP contribution in [0.1, 0.15) is 15.9 Å². The molecule has 2 rings (SSSR count). The zero-order valence-electron chi connectivity index (χ0n) is 10.6. The molecule has 0 saturated heterocycles. The van der Waals surface area contributed by atoms with Crippen LogP contribution in [0.15, 0.2) is 45.3 Å². The lowest BCUT2D eigenvalue weighted by Crippen LogP contribution is -2.06. The first-order chi connectivity index (χ1) is 9.51. The second-order valence-corrected chi connectivity index (χ2v) is 6.39. The van der Waals surface area contributed by atoms with Crippen LogP contribution in [0.5, 0.6) is 5.75 Å². The van der Waals surface area contributed by atoms with E-state index in [0.29, 0.717) is 20.8 Å². The van der Waals surface area contributed by atoms with Crippen molar-refractivity contribution in [1.29, 1.82) is 0 Å². The normalized spacial score (nSPS) is 10.4. The lowest BCUT2D eigenvalue weighted by molar-refractivity contribution is 0.0991. The molecule has 2 aromatic rings. The quantitative estimate of drug-likeness (QED) is 0.630. The van der Waals surface area contributed by atoms with E-state index in [9.17, 15) is 4.79 Å². The van der Waals surface area contributed by atoms with Crippen molar-refractivity contribution >= 4 is 49.2 Å². The minimum absolute atomic E-state index is 0.00458. The highest BCUT2D eigenvalue weighted by Gasteiger charge is 2.14. The number of benzene rings is 2. The van der Waals surface area contributed by atoms with Gasteiger partial charge in [-0.05, 0) is 52.3 Å². The van der Waals surface area contributed by atoms with Crippen LogP contribution in [0.3, 0.4) is 0 Å². The molecule has 2 nitrogen and oxygen atoms in total. The Bertz CT molecular complexity index is 656. The fourth-order valence-electron chi connectivity index (χ4n) is 1.87. The number of carbonyl (C=O) groups excluding carboxylic acids is 1. The van der Waals surface area contributed by atoms with Gasteiger partial charge in [0.2, 0.25) is 0 Å². The number of hydrogen-bond donors (Lipinski definition) is 0. The Labute approximate surface area is 139 Å². The van der Waals surface area contributed by atoms with Crippen molar-refractivity contribution in [3.63, 3.8) is 0 Å². The van der Waals surface area contributed by atoms with E-state index in [4.69, 9.17) is 16.3 Å². The van der Waals surface area contributed by atoms with Crippen molar-refractivity contribution in [2.45, 2.75) is 6.42 Å². The van der Waals surface area contributed by atoms with Crippen molar-refractivity contribution in [1.82, 2.24) is 0 Å². The van der Waals surface area contributed by atoms with Gasteiger partial charge in [0.25, 0.3) is 0 Å². The number of carbonyl (C=O) groups is 1. The lowest BCUT2D eigenvalue weighted by atomic mass is 10.0. The first-order valence-corrected chi connectivity index (χ1v) is 7.78. The molecule has 0 aliphatic rings. The first-order valence-electron chi connectivity index (χ1n) is 5.82. The molecule has 0 N–H and O–H groups in total. The summed E-state index contributed by atoms with van der Waals surface area (Å²) >= 11 is 12.7. The Morgan fingerprint density at radius 2 is 1.95 bits per heavy atom. The second kappa shape index (κ2) is 6.74. The molecule has 0 heterocycles. The van der Waals surface area contributed by atoms with Crippen molar-refractivity contribution < 1.29 is 9.53 Å². The average molecular weight is 419 g/mol. The maximum absolute atomic E-state index is 12.4. The van der Waals surface area contributed by atoms with E-state index in [2.05, 4.69) is 31.9 Å². The number of ketones is 1. The topological polar surface area (TPSA) is 26.3 Å².